The van der Waals surface area contributed by atoms with Crippen molar-refractivity contribution < 1.29 is 23.0 Å². The van der Waals surface area contributed by atoms with E-state index in [9.17, 15) is 13.6 Å². The van der Waals surface area contributed by atoms with Crippen LogP contribution in [0.15, 0.2) is 48.2 Å². The van der Waals surface area contributed by atoms with Gasteiger partial charge < -0.3 is 25.5 Å². The number of alkyl halides is 2. The van der Waals surface area contributed by atoms with Gasteiger partial charge in [0.2, 0.25) is 0 Å². The highest BCUT2D eigenvalue weighted by Gasteiger charge is 2.23. The van der Waals surface area contributed by atoms with Gasteiger partial charge in [-0.2, -0.15) is 0 Å². The fourth-order valence-electron chi connectivity index (χ4n) is 3.72. The maximum Gasteiger partial charge on any atom is 0.407 e. The SMILES string of the molecule is CN(N)/C(CNC(=O)OCc1ccccc1)=C(\N)c1ccc(OC2CCCCC2)c(C(F)F)n1. The number of alkyl carbamates (subject to hydrolysis) is 1. The van der Waals surface area contributed by atoms with Gasteiger partial charge in [-0.3, -0.25) is 0 Å². The molecule has 1 aliphatic rings. The van der Waals surface area contributed by atoms with Crippen molar-refractivity contribution in [1.82, 2.24) is 15.3 Å². The molecule has 1 aromatic heterocycles. The van der Waals surface area contributed by atoms with Crippen molar-refractivity contribution in [1.29, 1.82) is 0 Å². The Hall–Kier alpha value is -3.40. The zero-order valence-corrected chi connectivity index (χ0v) is 19.2. The Kier molecular flexibility index (Phi) is 9.03. The van der Waals surface area contributed by atoms with Crippen LogP contribution in [0, 0.1) is 0 Å². The van der Waals surface area contributed by atoms with Crippen LogP contribution in [-0.2, 0) is 11.3 Å². The van der Waals surface area contributed by atoms with Crippen molar-refractivity contribution in [3.05, 3.63) is 65.1 Å². The van der Waals surface area contributed by atoms with E-state index in [4.69, 9.17) is 21.1 Å². The largest absolute Gasteiger partial charge is 0.488 e. The molecule has 1 aliphatic carbocycles. The van der Waals surface area contributed by atoms with Crippen LogP contribution in [0.25, 0.3) is 5.70 Å². The Morgan fingerprint density at radius 1 is 1.18 bits per heavy atom. The number of rotatable bonds is 9. The minimum atomic E-state index is -2.84. The first-order valence-electron chi connectivity index (χ1n) is 11.2. The Morgan fingerprint density at radius 2 is 1.88 bits per heavy atom. The van der Waals surface area contributed by atoms with Crippen molar-refractivity contribution >= 4 is 11.8 Å². The van der Waals surface area contributed by atoms with Crippen molar-refractivity contribution in [3.8, 4) is 5.75 Å². The third kappa shape index (κ3) is 7.05. The van der Waals surface area contributed by atoms with E-state index in [1.165, 1.54) is 24.2 Å². The summed E-state index contributed by atoms with van der Waals surface area (Å²) in [5, 5.41) is 3.76. The fraction of sp³-hybridized carbons (Fsp3) is 0.417. The molecule has 1 saturated carbocycles. The number of nitrogens with one attached hydrogen (secondary N) is 1. The highest BCUT2D eigenvalue weighted by Crippen LogP contribution is 2.32. The number of ether oxygens (including phenoxy) is 2. The molecule has 1 heterocycles. The number of hydrogen-bond acceptors (Lipinski definition) is 7. The summed E-state index contributed by atoms with van der Waals surface area (Å²) in [5.41, 5.74) is 7.02. The molecule has 0 aliphatic heterocycles. The predicted molar refractivity (Wildman–Crippen MR) is 124 cm³/mol. The number of nitrogens with two attached hydrogens (primary N) is 2. The first kappa shape index (κ1) is 25.2. The van der Waals surface area contributed by atoms with Crippen LogP contribution in [0.3, 0.4) is 0 Å². The maximum absolute atomic E-state index is 13.8. The number of nitrogens with zero attached hydrogens (tertiary/aromatic N) is 2. The molecular weight excluding hydrogens is 444 g/mol. The second-order valence-corrected chi connectivity index (χ2v) is 8.14. The number of benzene rings is 1. The summed E-state index contributed by atoms with van der Waals surface area (Å²) in [4.78, 5) is 16.2. The minimum Gasteiger partial charge on any atom is -0.488 e. The number of carbonyl (C=O) groups is 1. The van der Waals surface area contributed by atoms with Crippen LogP contribution < -0.4 is 21.6 Å². The fourth-order valence-corrected chi connectivity index (χ4v) is 3.72. The lowest BCUT2D eigenvalue weighted by Crippen LogP contribution is -2.36. The van der Waals surface area contributed by atoms with Gasteiger partial charge in [0.1, 0.15) is 18.1 Å². The number of likely N-dealkylation sites (N-methyl/N-ethyl adjacent to an activating group) is 1. The first-order valence-corrected chi connectivity index (χ1v) is 11.2. The van der Waals surface area contributed by atoms with Crippen LogP contribution >= 0.6 is 0 Å². The Balaban J connectivity index is 1.71. The second-order valence-electron chi connectivity index (χ2n) is 8.14. The third-order valence-electron chi connectivity index (χ3n) is 5.56. The molecule has 0 atom stereocenters. The molecule has 3 rings (SSSR count). The van der Waals surface area contributed by atoms with E-state index < -0.39 is 18.2 Å². The van der Waals surface area contributed by atoms with Gasteiger partial charge in [0, 0.05) is 7.05 Å². The minimum absolute atomic E-state index is 0.0551. The van der Waals surface area contributed by atoms with E-state index in [0.717, 1.165) is 37.7 Å². The molecule has 184 valence electrons. The van der Waals surface area contributed by atoms with E-state index in [-0.39, 0.29) is 42.1 Å². The molecule has 1 aromatic carbocycles. The van der Waals surface area contributed by atoms with Gasteiger partial charge in [-0.25, -0.2) is 24.4 Å². The number of hydrazine groups is 1. The van der Waals surface area contributed by atoms with Gasteiger partial charge in [-0.1, -0.05) is 36.8 Å². The summed E-state index contributed by atoms with van der Waals surface area (Å²) in [6.07, 6.45) is 1.23. The zero-order chi connectivity index (χ0) is 24.5. The monoisotopic (exact) mass is 475 g/mol. The van der Waals surface area contributed by atoms with Gasteiger partial charge >= 0.3 is 6.09 Å². The van der Waals surface area contributed by atoms with E-state index in [0.29, 0.717) is 0 Å². The topological polar surface area (TPSA) is 116 Å². The highest BCUT2D eigenvalue weighted by molar-refractivity contribution is 5.69. The number of carbonyl (C=O) groups excluding carboxylic acids is 1. The van der Waals surface area contributed by atoms with Gasteiger partial charge in [0.25, 0.3) is 6.43 Å². The molecule has 8 nitrogen and oxygen atoms in total. The molecule has 1 fully saturated rings. The predicted octanol–water partition coefficient (Wildman–Crippen LogP) is 4.09. The number of halogens is 2. The number of hydrogen-bond donors (Lipinski definition) is 3. The lowest BCUT2D eigenvalue weighted by Gasteiger charge is -2.24. The lowest BCUT2D eigenvalue weighted by molar-refractivity contribution is 0.120. The van der Waals surface area contributed by atoms with Crippen LogP contribution in [-0.4, -0.2) is 35.8 Å². The van der Waals surface area contributed by atoms with E-state index >= 15 is 0 Å². The zero-order valence-electron chi connectivity index (χ0n) is 19.2. The molecule has 10 heteroatoms. The van der Waals surface area contributed by atoms with Crippen LogP contribution in [0.4, 0.5) is 13.6 Å². The van der Waals surface area contributed by atoms with Crippen LogP contribution in [0.2, 0.25) is 0 Å². The van der Waals surface area contributed by atoms with E-state index in [1.54, 1.807) is 0 Å². The summed E-state index contributed by atoms with van der Waals surface area (Å²) in [5.74, 6) is 5.94. The quantitative estimate of drug-likeness (QED) is 0.370. The molecule has 34 heavy (non-hydrogen) atoms. The van der Waals surface area contributed by atoms with E-state index in [2.05, 4.69) is 10.3 Å². The molecule has 0 bridgehead atoms. The van der Waals surface area contributed by atoms with Crippen LogP contribution in [0.5, 0.6) is 5.75 Å². The van der Waals surface area contributed by atoms with Crippen molar-refractivity contribution in [2.75, 3.05) is 13.6 Å². The Labute approximate surface area is 197 Å². The van der Waals surface area contributed by atoms with Gasteiger partial charge in [0.15, 0.2) is 0 Å². The number of amides is 1. The van der Waals surface area contributed by atoms with Gasteiger partial charge in [-0.15, -0.1) is 0 Å². The van der Waals surface area contributed by atoms with Gasteiger partial charge in [0.05, 0.1) is 29.7 Å². The van der Waals surface area contributed by atoms with Crippen molar-refractivity contribution in [3.63, 3.8) is 0 Å². The first-order chi connectivity index (χ1) is 16.3. The van der Waals surface area contributed by atoms with Crippen molar-refractivity contribution in [2.24, 2.45) is 11.6 Å². The summed E-state index contributed by atoms with van der Waals surface area (Å²) < 4.78 is 38.5. The molecule has 5 N–H and O–H groups in total. The average Bonchev–Trinajstić information content (AvgIpc) is 2.84. The Bertz CT molecular complexity index is 980. The summed E-state index contributed by atoms with van der Waals surface area (Å²) >= 11 is 0. The molecule has 1 amide bonds. The molecule has 0 unspecified atom stereocenters. The molecule has 0 saturated heterocycles. The van der Waals surface area contributed by atoms with Crippen LogP contribution in [0.1, 0.15) is 55.5 Å². The maximum atomic E-state index is 13.8. The highest BCUT2D eigenvalue weighted by atomic mass is 19.3. The third-order valence-corrected chi connectivity index (χ3v) is 5.56. The Morgan fingerprint density at radius 3 is 2.53 bits per heavy atom. The molecule has 2 aromatic rings. The number of aromatic nitrogens is 1. The normalized spacial score (nSPS) is 15.0. The summed E-state index contributed by atoms with van der Waals surface area (Å²) in [7, 11) is 1.52. The average molecular weight is 476 g/mol. The molecule has 0 radical (unpaired) electrons. The standard InChI is InChI=1S/C24H31F2N5O3/c1-31(28)19(14-29-24(32)33-15-16-8-4-2-5-9-16)21(27)18-12-13-20(22(30-18)23(25)26)34-17-10-6-3-7-11-17/h2,4-5,8-9,12-13,17,23H,3,6-7,10-11,14-15,27-28H2,1H3,(H,29,32)/b21-19-. The second kappa shape index (κ2) is 12.2. The van der Waals surface area contributed by atoms with Gasteiger partial charge in [-0.05, 0) is 43.4 Å². The van der Waals surface area contributed by atoms with E-state index in [1.807, 2.05) is 30.3 Å². The molecule has 0 spiro atoms. The summed E-state index contributed by atoms with van der Waals surface area (Å²) in [6, 6.07) is 12.2. The molecular formula is C24H31F2N5O3. The summed E-state index contributed by atoms with van der Waals surface area (Å²) in [6.45, 7) is 0.0138. The number of pyridine rings is 1. The van der Waals surface area contributed by atoms with Crippen molar-refractivity contribution in [2.45, 2.75) is 51.2 Å². The lowest BCUT2D eigenvalue weighted by atomic mass is 9.98. The smallest absolute Gasteiger partial charge is 0.407 e.